The number of rotatable bonds is 5. The van der Waals surface area contributed by atoms with E-state index in [1.807, 2.05) is 0 Å². The van der Waals surface area contributed by atoms with Crippen molar-refractivity contribution in [3.63, 3.8) is 0 Å². The molecule has 1 amide bonds. The lowest BCUT2D eigenvalue weighted by Gasteiger charge is -2.26. The number of hydrogen-bond acceptors (Lipinski definition) is 2. The number of hydrogen-bond donors (Lipinski definition) is 1. The van der Waals surface area contributed by atoms with Crippen molar-refractivity contribution in [3.05, 3.63) is 0 Å². The molecule has 0 aliphatic carbocycles. The highest BCUT2D eigenvalue weighted by Crippen LogP contribution is 2.23. The lowest BCUT2D eigenvalue weighted by Crippen LogP contribution is -2.45. The fourth-order valence-electron chi connectivity index (χ4n) is 0.958. The minimum absolute atomic E-state index is 0.0548. The first-order chi connectivity index (χ1) is 7.17. The van der Waals surface area contributed by atoms with Crippen LogP contribution >= 0.6 is 15.9 Å². The van der Waals surface area contributed by atoms with Gasteiger partial charge in [-0.1, -0.05) is 29.8 Å². The third-order valence-electron chi connectivity index (χ3n) is 2.47. The zero-order chi connectivity index (χ0) is 13.0. The summed E-state index contributed by atoms with van der Waals surface area (Å²) in [7, 11) is 0. The minimum Gasteiger partial charge on any atom is -0.347 e. The molecular weight excluding hydrogens is 291 g/mol. The molecular formula is C9H13BrF3NO2. The Hall–Kier alpha value is -0.590. The molecule has 0 saturated heterocycles. The number of carbonyl (C=O) groups is 2. The third-order valence-corrected chi connectivity index (χ3v) is 2.98. The van der Waals surface area contributed by atoms with Crippen LogP contribution < -0.4 is 5.32 Å². The highest BCUT2D eigenvalue weighted by Gasteiger charge is 2.40. The van der Waals surface area contributed by atoms with Gasteiger partial charge in [0.15, 0.2) is 5.78 Å². The third kappa shape index (κ3) is 4.11. The molecule has 0 aliphatic rings. The molecule has 7 heteroatoms. The second-order valence-corrected chi connectivity index (χ2v) is 4.21. The Kier molecular flexibility index (Phi) is 5.44. The monoisotopic (exact) mass is 303 g/mol. The molecule has 0 radical (unpaired) electrons. The molecule has 0 heterocycles. The molecule has 1 N–H and O–H groups in total. The van der Waals surface area contributed by atoms with Crippen molar-refractivity contribution in [1.82, 2.24) is 5.32 Å². The summed E-state index contributed by atoms with van der Waals surface area (Å²) in [6.45, 7) is 2.89. The largest absolute Gasteiger partial charge is 0.471 e. The van der Waals surface area contributed by atoms with Crippen LogP contribution in [0.3, 0.4) is 0 Å². The average Bonchev–Trinajstić information content (AvgIpc) is 2.22. The Morgan fingerprint density at radius 2 is 1.81 bits per heavy atom. The number of halogens is 4. The van der Waals surface area contributed by atoms with Crippen molar-refractivity contribution in [2.75, 3.05) is 11.9 Å². The number of amides is 1. The predicted octanol–water partition coefficient (Wildman–Crippen LogP) is 2.05. The van der Waals surface area contributed by atoms with Crippen LogP contribution in [-0.4, -0.2) is 29.7 Å². The van der Waals surface area contributed by atoms with Gasteiger partial charge >= 0.3 is 12.1 Å². The summed E-state index contributed by atoms with van der Waals surface area (Å²) >= 11 is 2.95. The van der Waals surface area contributed by atoms with Gasteiger partial charge in [-0.25, -0.2) is 0 Å². The number of alkyl halides is 4. The molecule has 0 aromatic rings. The Morgan fingerprint density at radius 3 is 2.12 bits per heavy atom. The van der Waals surface area contributed by atoms with Crippen LogP contribution in [0, 0.1) is 5.41 Å². The summed E-state index contributed by atoms with van der Waals surface area (Å²) in [5, 5.41) is 1.78. The number of carbonyl (C=O) groups excluding carboxylic acids is 2. The minimum atomic E-state index is -4.91. The van der Waals surface area contributed by atoms with Crippen molar-refractivity contribution in [2.45, 2.75) is 26.4 Å². The molecule has 0 aromatic heterocycles. The highest BCUT2D eigenvalue weighted by molar-refractivity contribution is 9.09. The maximum absolute atomic E-state index is 11.9. The van der Waals surface area contributed by atoms with Crippen LogP contribution in [0.5, 0.6) is 0 Å². The Morgan fingerprint density at radius 1 is 1.31 bits per heavy atom. The van der Waals surface area contributed by atoms with Crippen molar-refractivity contribution in [1.29, 1.82) is 0 Å². The Bertz CT molecular complexity index is 280. The van der Waals surface area contributed by atoms with Gasteiger partial charge in [0.05, 0.1) is 5.33 Å². The zero-order valence-corrected chi connectivity index (χ0v) is 10.5. The fraction of sp³-hybridized carbons (Fsp3) is 0.778. The first-order valence-electron chi connectivity index (χ1n) is 4.61. The average molecular weight is 304 g/mol. The van der Waals surface area contributed by atoms with Gasteiger partial charge in [0.25, 0.3) is 0 Å². The molecule has 1 unspecified atom stereocenters. The van der Waals surface area contributed by atoms with Gasteiger partial charge in [-0.15, -0.1) is 0 Å². The maximum atomic E-state index is 11.9. The number of Topliss-reactive ketones (excluding diaryl/α,β-unsaturated/α-hetero) is 1. The summed E-state index contributed by atoms with van der Waals surface area (Å²) in [6, 6.07) is 0. The topological polar surface area (TPSA) is 46.2 Å². The SMILES string of the molecule is CCC(C)(CNC(=O)C(F)(F)F)C(=O)CBr. The van der Waals surface area contributed by atoms with Crippen LogP contribution in [0.25, 0.3) is 0 Å². The molecule has 0 aliphatic heterocycles. The van der Waals surface area contributed by atoms with Gasteiger partial charge in [-0.2, -0.15) is 13.2 Å². The standard InChI is InChI=1S/C9H13BrF3NO2/c1-3-8(2,6(15)4-10)5-14-7(16)9(11,12)13/h3-5H2,1-2H3,(H,14,16). The summed E-state index contributed by atoms with van der Waals surface area (Å²) in [4.78, 5) is 22.0. The van der Waals surface area contributed by atoms with E-state index in [-0.39, 0.29) is 17.7 Å². The summed E-state index contributed by atoms with van der Waals surface area (Å²) in [5.74, 6) is -2.26. The highest BCUT2D eigenvalue weighted by atomic mass is 79.9. The Balaban J connectivity index is 4.48. The number of ketones is 1. The van der Waals surface area contributed by atoms with E-state index in [9.17, 15) is 22.8 Å². The van der Waals surface area contributed by atoms with E-state index in [4.69, 9.17) is 0 Å². The maximum Gasteiger partial charge on any atom is 0.471 e. The van der Waals surface area contributed by atoms with Crippen LogP contribution in [0.2, 0.25) is 0 Å². The molecule has 0 spiro atoms. The zero-order valence-electron chi connectivity index (χ0n) is 8.95. The lowest BCUT2D eigenvalue weighted by molar-refractivity contribution is -0.174. The van der Waals surface area contributed by atoms with E-state index in [0.717, 1.165) is 0 Å². The second kappa shape index (κ2) is 5.65. The molecule has 16 heavy (non-hydrogen) atoms. The first kappa shape index (κ1) is 15.4. The van der Waals surface area contributed by atoms with Crippen molar-refractivity contribution in [2.24, 2.45) is 5.41 Å². The van der Waals surface area contributed by atoms with E-state index in [1.54, 1.807) is 12.2 Å². The summed E-state index contributed by atoms with van der Waals surface area (Å²) < 4.78 is 35.7. The van der Waals surface area contributed by atoms with Crippen molar-refractivity contribution in [3.8, 4) is 0 Å². The molecule has 94 valence electrons. The smallest absolute Gasteiger partial charge is 0.347 e. The van der Waals surface area contributed by atoms with Crippen LogP contribution in [0.1, 0.15) is 20.3 Å². The van der Waals surface area contributed by atoms with Gasteiger partial charge in [-0.3, -0.25) is 9.59 Å². The lowest BCUT2D eigenvalue weighted by atomic mass is 9.83. The van der Waals surface area contributed by atoms with Crippen molar-refractivity contribution >= 4 is 27.6 Å². The molecule has 3 nitrogen and oxygen atoms in total. The van der Waals surface area contributed by atoms with Crippen LogP contribution in [0.15, 0.2) is 0 Å². The van der Waals surface area contributed by atoms with Crippen LogP contribution in [-0.2, 0) is 9.59 Å². The van der Waals surface area contributed by atoms with Gasteiger partial charge in [0.2, 0.25) is 0 Å². The summed E-state index contributed by atoms with van der Waals surface area (Å²) in [6.07, 6.45) is -4.55. The normalized spacial score (nSPS) is 15.4. The molecule has 0 bridgehead atoms. The van der Waals surface area contributed by atoms with E-state index in [1.165, 1.54) is 6.92 Å². The van der Waals surface area contributed by atoms with E-state index in [0.29, 0.717) is 6.42 Å². The molecule has 0 saturated carbocycles. The van der Waals surface area contributed by atoms with Gasteiger partial charge in [-0.05, 0) is 6.42 Å². The summed E-state index contributed by atoms with van der Waals surface area (Å²) in [5.41, 5.74) is -0.968. The quantitative estimate of drug-likeness (QED) is 0.790. The van der Waals surface area contributed by atoms with E-state index >= 15 is 0 Å². The predicted molar refractivity (Wildman–Crippen MR) is 56.3 cm³/mol. The number of nitrogens with one attached hydrogen (secondary N) is 1. The van der Waals surface area contributed by atoms with Gasteiger partial charge < -0.3 is 5.32 Å². The van der Waals surface area contributed by atoms with E-state index < -0.39 is 17.5 Å². The van der Waals surface area contributed by atoms with Gasteiger partial charge in [0.1, 0.15) is 0 Å². The van der Waals surface area contributed by atoms with Crippen molar-refractivity contribution < 1.29 is 22.8 Å². The van der Waals surface area contributed by atoms with E-state index in [2.05, 4.69) is 15.9 Å². The van der Waals surface area contributed by atoms with Crippen LogP contribution in [0.4, 0.5) is 13.2 Å². The second-order valence-electron chi connectivity index (χ2n) is 3.65. The molecule has 0 rings (SSSR count). The Labute approximate surface area is 99.9 Å². The molecule has 0 aromatic carbocycles. The van der Waals surface area contributed by atoms with Gasteiger partial charge in [0, 0.05) is 12.0 Å². The molecule has 0 fully saturated rings. The molecule has 1 atom stereocenters. The fourth-order valence-corrected chi connectivity index (χ4v) is 1.63. The first-order valence-corrected chi connectivity index (χ1v) is 5.74.